The summed E-state index contributed by atoms with van der Waals surface area (Å²) < 4.78 is 27.8. The number of hydrogen-bond donors (Lipinski definition) is 1. The summed E-state index contributed by atoms with van der Waals surface area (Å²) in [6, 6.07) is 1.22. The number of amides is 1. The fourth-order valence-electron chi connectivity index (χ4n) is 2.62. The Morgan fingerprint density at radius 2 is 2.19 bits per heavy atom. The molecule has 8 heteroatoms. The number of nitro benzene ring substituents is 1. The summed E-state index contributed by atoms with van der Waals surface area (Å²) in [6.07, 6.45) is 0.639. The molecule has 0 aliphatic carbocycles. The van der Waals surface area contributed by atoms with Gasteiger partial charge in [-0.15, -0.1) is 0 Å². The van der Waals surface area contributed by atoms with E-state index < -0.39 is 33.7 Å². The van der Waals surface area contributed by atoms with E-state index in [2.05, 4.69) is 0 Å². The maximum atomic E-state index is 14.0. The van der Waals surface area contributed by atoms with Crippen LogP contribution in [0.5, 0.6) is 0 Å². The van der Waals surface area contributed by atoms with E-state index >= 15 is 0 Å². The Balaban J connectivity index is 2.40. The van der Waals surface area contributed by atoms with Gasteiger partial charge in [0.2, 0.25) is 5.82 Å². The summed E-state index contributed by atoms with van der Waals surface area (Å²) in [5.41, 5.74) is 3.75. The van der Waals surface area contributed by atoms with Crippen LogP contribution in [0, 0.1) is 27.7 Å². The Kier molecular flexibility index (Phi) is 4.17. The largest absolute Gasteiger partial charge is 0.335 e. The molecule has 1 aromatic rings. The number of halogens is 2. The molecule has 0 radical (unpaired) electrons. The van der Waals surface area contributed by atoms with Crippen molar-refractivity contribution in [1.29, 1.82) is 0 Å². The molecule has 1 fully saturated rings. The highest BCUT2D eigenvalue weighted by Crippen LogP contribution is 2.28. The van der Waals surface area contributed by atoms with Gasteiger partial charge in [-0.05, 0) is 31.9 Å². The highest BCUT2D eigenvalue weighted by Gasteiger charge is 2.36. The minimum Gasteiger partial charge on any atom is -0.335 e. The molecule has 1 aliphatic rings. The zero-order valence-electron chi connectivity index (χ0n) is 11.4. The van der Waals surface area contributed by atoms with E-state index in [-0.39, 0.29) is 18.5 Å². The maximum absolute atomic E-state index is 14.0. The Labute approximate surface area is 119 Å². The molecular weight excluding hydrogens is 284 g/mol. The average molecular weight is 299 g/mol. The van der Waals surface area contributed by atoms with E-state index in [9.17, 15) is 23.7 Å². The van der Waals surface area contributed by atoms with Crippen LogP contribution in [0.4, 0.5) is 14.5 Å². The molecule has 2 unspecified atom stereocenters. The highest BCUT2D eigenvalue weighted by molar-refractivity contribution is 5.95. The van der Waals surface area contributed by atoms with Gasteiger partial charge in [0, 0.05) is 18.7 Å². The standard InChI is InChI=1S/C13H15F2N3O3/c1-7-4-8(5-16)6-17(7)13(19)11-9(14)2-3-10(12(11)15)18(20)21/h2-3,7-8H,4-6,16H2,1H3. The van der Waals surface area contributed by atoms with Crippen LogP contribution in [0.2, 0.25) is 0 Å². The number of nitrogens with zero attached hydrogens (tertiary/aromatic N) is 2. The second kappa shape index (κ2) is 5.72. The van der Waals surface area contributed by atoms with Gasteiger partial charge in [0.25, 0.3) is 5.91 Å². The van der Waals surface area contributed by atoms with Crippen molar-refractivity contribution in [3.8, 4) is 0 Å². The quantitative estimate of drug-likeness (QED) is 0.679. The Hall–Kier alpha value is -2.09. The molecule has 114 valence electrons. The first-order chi connectivity index (χ1) is 9.86. The van der Waals surface area contributed by atoms with Gasteiger partial charge in [0.1, 0.15) is 11.4 Å². The lowest BCUT2D eigenvalue weighted by molar-refractivity contribution is -0.387. The van der Waals surface area contributed by atoms with Gasteiger partial charge in [-0.3, -0.25) is 14.9 Å². The first kappa shape index (κ1) is 15.3. The van der Waals surface area contributed by atoms with E-state index in [0.29, 0.717) is 19.0 Å². The fourth-order valence-corrected chi connectivity index (χ4v) is 2.62. The lowest BCUT2D eigenvalue weighted by Crippen LogP contribution is -2.35. The molecule has 1 aromatic carbocycles. The minimum atomic E-state index is -1.44. The Morgan fingerprint density at radius 1 is 1.52 bits per heavy atom. The number of nitro groups is 1. The number of rotatable bonds is 3. The lowest BCUT2D eigenvalue weighted by atomic mass is 10.1. The molecule has 2 atom stereocenters. The van der Waals surface area contributed by atoms with Gasteiger partial charge >= 0.3 is 5.69 Å². The van der Waals surface area contributed by atoms with Crippen LogP contribution in [0.1, 0.15) is 23.7 Å². The molecule has 1 aliphatic heterocycles. The number of carbonyl (C=O) groups excluding carboxylic acids is 1. The summed E-state index contributed by atoms with van der Waals surface area (Å²) in [7, 11) is 0. The Morgan fingerprint density at radius 3 is 2.71 bits per heavy atom. The number of hydrogen-bond acceptors (Lipinski definition) is 4. The van der Waals surface area contributed by atoms with Gasteiger partial charge < -0.3 is 10.6 Å². The zero-order valence-corrected chi connectivity index (χ0v) is 11.4. The summed E-state index contributed by atoms with van der Waals surface area (Å²) in [5.74, 6) is -3.36. The van der Waals surface area contributed by atoms with Crippen LogP contribution in [-0.2, 0) is 0 Å². The van der Waals surface area contributed by atoms with Crippen molar-refractivity contribution in [3.05, 3.63) is 39.4 Å². The molecule has 1 saturated heterocycles. The number of nitrogens with two attached hydrogens (primary N) is 1. The van der Waals surface area contributed by atoms with Crippen molar-refractivity contribution in [1.82, 2.24) is 4.90 Å². The molecule has 0 aromatic heterocycles. The molecule has 1 heterocycles. The lowest BCUT2D eigenvalue weighted by Gasteiger charge is -2.22. The molecule has 0 bridgehead atoms. The monoisotopic (exact) mass is 299 g/mol. The van der Waals surface area contributed by atoms with Crippen LogP contribution in [-0.4, -0.2) is 34.9 Å². The van der Waals surface area contributed by atoms with Crippen molar-refractivity contribution in [2.24, 2.45) is 11.7 Å². The van der Waals surface area contributed by atoms with Crippen molar-refractivity contribution in [3.63, 3.8) is 0 Å². The predicted molar refractivity (Wildman–Crippen MR) is 70.7 cm³/mol. The third-order valence-electron chi connectivity index (χ3n) is 3.74. The van der Waals surface area contributed by atoms with Gasteiger partial charge in [0.15, 0.2) is 0 Å². The Bertz CT molecular complexity index is 594. The van der Waals surface area contributed by atoms with Crippen LogP contribution in [0.15, 0.2) is 12.1 Å². The van der Waals surface area contributed by atoms with Crippen molar-refractivity contribution in [2.45, 2.75) is 19.4 Å². The van der Waals surface area contributed by atoms with Gasteiger partial charge in [-0.1, -0.05) is 0 Å². The first-order valence-corrected chi connectivity index (χ1v) is 6.50. The SMILES string of the molecule is CC1CC(CN)CN1C(=O)c1c(F)ccc([N+](=O)[O-])c1F. The van der Waals surface area contributed by atoms with Crippen molar-refractivity contribution < 1.29 is 18.5 Å². The van der Waals surface area contributed by atoms with Crippen molar-refractivity contribution >= 4 is 11.6 Å². The summed E-state index contributed by atoms with van der Waals surface area (Å²) in [4.78, 5) is 23.3. The third kappa shape index (κ3) is 2.71. The fraction of sp³-hybridized carbons (Fsp3) is 0.462. The van der Waals surface area contributed by atoms with Gasteiger partial charge in [-0.25, -0.2) is 4.39 Å². The highest BCUT2D eigenvalue weighted by atomic mass is 19.1. The zero-order chi connectivity index (χ0) is 15.7. The van der Waals surface area contributed by atoms with E-state index in [4.69, 9.17) is 5.73 Å². The number of benzene rings is 1. The van der Waals surface area contributed by atoms with Crippen LogP contribution in [0.3, 0.4) is 0 Å². The normalized spacial score (nSPS) is 21.6. The molecule has 1 amide bonds. The van der Waals surface area contributed by atoms with Gasteiger partial charge in [0.05, 0.1) is 4.92 Å². The molecule has 2 rings (SSSR count). The summed E-state index contributed by atoms with van der Waals surface area (Å²) >= 11 is 0. The van der Waals surface area contributed by atoms with E-state index in [1.54, 1.807) is 6.92 Å². The van der Waals surface area contributed by atoms with Gasteiger partial charge in [-0.2, -0.15) is 4.39 Å². The molecule has 2 N–H and O–H groups in total. The second-order valence-corrected chi connectivity index (χ2v) is 5.16. The molecular formula is C13H15F2N3O3. The summed E-state index contributed by atoms with van der Waals surface area (Å²) in [5, 5.41) is 10.7. The number of likely N-dealkylation sites (tertiary alicyclic amines) is 1. The minimum absolute atomic E-state index is 0.0637. The second-order valence-electron chi connectivity index (χ2n) is 5.16. The average Bonchev–Trinajstić information content (AvgIpc) is 2.79. The van der Waals surface area contributed by atoms with Crippen LogP contribution >= 0.6 is 0 Å². The third-order valence-corrected chi connectivity index (χ3v) is 3.74. The van der Waals surface area contributed by atoms with Crippen LogP contribution in [0.25, 0.3) is 0 Å². The van der Waals surface area contributed by atoms with E-state index in [1.807, 2.05) is 0 Å². The van der Waals surface area contributed by atoms with Crippen molar-refractivity contribution in [2.75, 3.05) is 13.1 Å². The first-order valence-electron chi connectivity index (χ1n) is 6.50. The maximum Gasteiger partial charge on any atom is 0.305 e. The molecule has 21 heavy (non-hydrogen) atoms. The smallest absolute Gasteiger partial charge is 0.305 e. The molecule has 6 nitrogen and oxygen atoms in total. The topological polar surface area (TPSA) is 89.5 Å². The molecule has 0 saturated carbocycles. The van der Waals surface area contributed by atoms with E-state index in [0.717, 1.165) is 6.07 Å². The molecule has 0 spiro atoms. The van der Waals surface area contributed by atoms with E-state index in [1.165, 1.54) is 4.90 Å². The predicted octanol–water partition coefficient (Wildman–Crippen LogP) is 1.68. The van der Waals surface area contributed by atoms with Crippen LogP contribution < -0.4 is 5.73 Å². The summed E-state index contributed by atoms with van der Waals surface area (Å²) in [6.45, 7) is 2.41. The number of carbonyl (C=O) groups is 1.